The summed E-state index contributed by atoms with van der Waals surface area (Å²) >= 11 is 0. The van der Waals surface area contributed by atoms with Gasteiger partial charge in [0.1, 0.15) is 6.54 Å². The van der Waals surface area contributed by atoms with Crippen LogP contribution in [0, 0.1) is 5.41 Å². The van der Waals surface area contributed by atoms with E-state index in [1.807, 2.05) is 0 Å². The van der Waals surface area contributed by atoms with Gasteiger partial charge in [-0.05, 0) is 6.42 Å². The fourth-order valence-corrected chi connectivity index (χ4v) is 1.90. The Morgan fingerprint density at radius 1 is 1.00 bits per heavy atom. The Morgan fingerprint density at radius 2 is 1.42 bits per heavy atom. The molecule has 0 bridgehead atoms. The number of aliphatic carboxylic acids is 1. The molecule has 0 rings (SSSR count). The number of hydrogen-bond acceptors (Lipinski definition) is 3. The van der Waals surface area contributed by atoms with Crippen molar-refractivity contribution in [3.05, 3.63) is 0 Å². The molecule has 7 nitrogen and oxygen atoms in total. The Bertz CT molecular complexity index is 347. The van der Waals surface area contributed by atoms with Crippen LogP contribution < -0.4 is 41.0 Å². The molecule has 0 aromatic carbocycles. The Kier molecular flexibility index (Phi) is 23.7. The van der Waals surface area contributed by atoms with E-state index in [0.717, 1.165) is 17.7 Å². The number of amides is 1. The third-order valence-electron chi connectivity index (χ3n) is 3.31. The van der Waals surface area contributed by atoms with Gasteiger partial charge in [-0.15, -0.1) is 0 Å². The first-order chi connectivity index (χ1) is 10.8. The molecule has 0 aliphatic heterocycles. The zero-order valence-electron chi connectivity index (χ0n) is 16.6. The van der Waals surface area contributed by atoms with E-state index in [1.165, 1.54) is 52.0 Å². The maximum atomic E-state index is 10.4. The topological polar surface area (TPSA) is 134 Å². The number of rotatable bonds is 12. The van der Waals surface area contributed by atoms with Gasteiger partial charge in [-0.1, -0.05) is 58.3 Å². The minimum Gasteiger partial charge on any atom is -1.00 e. The van der Waals surface area contributed by atoms with E-state index in [-0.39, 0.29) is 49.4 Å². The van der Waals surface area contributed by atoms with E-state index in [9.17, 15) is 9.59 Å². The molecule has 0 fully saturated rings. The van der Waals surface area contributed by atoms with Crippen molar-refractivity contribution < 1.29 is 45.7 Å². The fourth-order valence-electron chi connectivity index (χ4n) is 1.90. The minimum atomic E-state index is -0.993. The monoisotopic (exact) mass is 354 g/mol. The summed E-state index contributed by atoms with van der Waals surface area (Å²) in [5.74, 6) is -1.39. The van der Waals surface area contributed by atoms with Crippen molar-refractivity contribution in [3.63, 3.8) is 0 Å². The van der Waals surface area contributed by atoms with E-state index in [4.69, 9.17) is 22.0 Å². The molecule has 0 aromatic heterocycles. The average Bonchev–Trinajstić information content (AvgIpc) is 2.45. The molecule has 24 heavy (non-hydrogen) atoms. The second-order valence-corrected chi connectivity index (χ2v) is 5.68. The predicted octanol–water partition coefficient (Wildman–Crippen LogP) is -0.595. The molecule has 0 spiro atoms. The summed E-state index contributed by atoms with van der Waals surface area (Å²) in [6, 6.07) is 0. The number of primary amides is 1. The summed E-state index contributed by atoms with van der Waals surface area (Å²) in [5.41, 5.74) is 9.98. The number of carbonyl (C=O) groups is 2. The van der Waals surface area contributed by atoms with Gasteiger partial charge in [0.05, 0.1) is 0 Å². The number of carboxylic acids is 1. The summed E-state index contributed by atoms with van der Waals surface area (Å²) in [7, 11) is 1.44. The Hall–Kier alpha value is -0.790. The van der Waals surface area contributed by atoms with Crippen LogP contribution in [0.2, 0.25) is 0 Å². The summed E-state index contributed by atoms with van der Waals surface area (Å²) < 4.78 is 0. The van der Waals surface area contributed by atoms with Gasteiger partial charge in [0.2, 0.25) is 5.91 Å². The quantitative estimate of drug-likeness (QED) is 0.161. The summed E-state index contributed by atoms with van der Waals surface area (Å²) in [6.45, 7) is 2.01. The number of nitrogens with one attached hydrogen (secondary N) is 1. The number of carbonyl (C=O) groups excluding carboxylic acids is 1. The zero-order chi connectivity index (χ0) is 18.1. The molecule has 138 valence electrons. The van der Waals surface area contributed by atoms with Gasteiger partial charge in [-0.3, -0.25) is 15.0 Å². The number of hydrogen-bond donors (Lipinski definition) is 4. The number of nitrogens with zero attached hydrogens (tertiary/aromatic N) is 1. The predicted molar refractivity (Wildman–Crippen MR) is 94.3 cm³/mol. The molecule has 1 amide bonds. The maximum absolute atomic E-state index is 10.4. The van der Waals surface area contributed by atoms with Gasteiger partial charge in [0.25, 0.3) is 0 Å². The van der Waals surface area contributed by atoms with Crippen LogP contribution in [0.1, 0.15) is 72.6 Å². The van der Waals surface area contributed by atoms with Crippen LogP contribution >= 0.6 is 0 Å². The molecule has 0 heterocycles. The second-order valence-electron chi connectivity index (χ2n) is 5.68. The number of likely N-dealkylation sites (N-methyl/N-ethyl adjacent to an activating group) is 1. The van der Waals surface area contributed by atoms with Gasteiger partial charge in [0.15, 0.2) is 5.96 Å². The van der Waals surface area contributed by atoms with Crippen LogP contribution in [-0.2, 0) is 9.59 Å². The van der Waals surface area contributed by atoms with Crippen molar-refractivity contribution in [2.75, 3.05) is 13.6 Å². The molecule has 0 radical (unpaired) electrons. The summed E-state index contributed by atoms with van der Waals surface area (Å²) in [6.07, 6.45) is 12.1. The van der Waals surface area contributed by atoms with Crippen LogP contribution in [0.3, 0.4) is 0 Å². The Balaban J connectivity index is -0.000000177. The average molecular weight is 354 g/mol. The molecule has 0 aromatic rings. The molecule has 6 N–H and O–H groups in total. The van der Waals surface area contributed by atoms with Crippen molar-refractivity contribution >= 4 is 17.8 Å². The first kappa shape index (κ1) is 28.0. The maximum Gasteiger partial charge on any atom is 1.00 e. The zero-order valence-corrected chi connectivity index (χ0v) is 17.6. The Morgan fingerprint density at radius 3 is 1.71 bits per heavy atom. The van der Waals surface area contributed by atoms with Gasteiger partial charge >= 0.3 is 35.5 Å². The standard InChI is InChI=1S/C12H25NO.C4H9N3O2.Na.H/c1-2-3-4-5-6-7-8-9-10-11-12(13)14;1-7(4(5)6)2-3(8)9;;/h2-11H2,1H3,(H2,13,14);2H2,1H3,(H3,5,6)(H,8,9);;/q;;+1;-1. The molecule has 0 aliphatic carbocycles. The second kappa shape index (κ2) is 20.3. The number of unbranched alkanes of at least 4 members (excludes halogenated alkanes) is 8. The molecular formula is C16H35N4NaO3. The van der Waals surface area contributed by atoms with Crippen molar-refractivity contribution in [2.24, 2.45) is 11.5 Å². The number of nitrogens with two attached hydrogens (primary N) is 2. The smallest absolute Gasteiger partial charge is 1.00 e. The van der Waals surface area contributed by atoms with E-state index >= 15 is 0 Å². The third-order valence-corrected chi connectivity index (χ3v) is 3.31. The SMILES string of the molecule is CCCCCCCCCCCC(N)=O.CN(CC(=O)O)C(=N)N.[H-].[Na+]. The fraction of sp³-hybridized carbons (Fsp3) is 0.812. The normalized spacial score (nSPS) is 9.25. The van der Waals surface area contributed by atoms with Gasteiger partial charge in [0, 0.05) is 13.5 Å². The first-order valence-electron chi connectivity index (χ1n) is 8.36. The number of carboxylic acid groups (broad SMARTS) is 1. The van der Waals surface area contributed by atoms with Gasteiger partial charge in [-0.2, -0.15) is 0 Å². The van der Waals surface area contributed by atoms with Crippen LogP contribution in [0.5, 0.6) is 0 Å². The van der Waals surface area contributed by atoms with Crippen LogP contribution in [0.4, 0.5) is 0 Å². The largest absolute Gasteiger partial charge is 1.00 e. The van der Waals surface area contributed by atoms with E-state index in [0.29, 0.717) is 6.42 Å². The third kappa shape index (κ3) is 26.1. The Labute approximate surface area is 169 Å². The molecule has 0 saturated carbocycles. The van der Waals surface area contributed by atoms with Crippen molar-refractivity contribution in [1.29, 1.82) is 5.41 Å². The molecule has 0 saturated heterocycles. The molecule has 0 atom stereocenters. The van der Waals surface area contributed by atoms with Crippen molar-refractivity contribution in [1.82, 2.24) is 4.90 Å². The van der Waals surface area contributed by atoms with Crippen LogP contribution in [0.25, 0.3) is 0 Å². The first-order valence-corrected chi connectivity index (χ1v) is 8.36. The van der Waals surface area contributed by atoms with Crippen molar-refractivity contribution in [2.45, 2.75) is 71.1 Å². The van der Waals surface area contributed by atoms with Crippen LogP contribution in [0.15, 0.2) is 0 Å². The van der Waals surface area contributed by atoms with Crippen LogP contribution in [-0.4, -0.2) is 41.4 Å². The minimum absolute atomic E-state index is 0. The van der Waals surface area contributed by atoms with E-state index in [1.54, 1.807) is 0 Å². The van der Waals surface area contributed by atoms with E-state index < -0.39 is 5.97 Å². The molecule has 8 heteroatoms. The molecule has 0 aliphatic rings. The summed E-state index contributed by atoms with van der Waals surface area (Å²) in [5, 5.41) is 14.9. The van der Waals surface area contributed by atoms with Gasteiger partial charge in [-0.25, -0.2) is 0 Å². The van der Waals surface area contributed by atoms with Crippen molar-refractivity contribution in [3.8, 4) is 0 Å². The molecular weight excluding hydrogens is 319 g/mol. The summed E-state index contributed by atoms with van der Waals surface area (Å²) in [4.78, 5) is 21.5. The molecule has 0 unspecified atom stereocenters. The van der Waals surface area contributed by atoms with Gasteiger partial charge < -0.3 is 22.9 Å². The number of guanidine groups is 1. The van der Waals surface area contributed by atoms with E-state index in [2.05, 4.69) is 6.92 Å².